The second kappa shape index (κ2) is 3.06. The molecule has 1 N–H and O–H groups in total. The van der Waals surface area contributed by atoms with Gasteiger partial charge >= 0.3 is 0 Å². The van der Waals surface area contributed by atoms with Gasteiger partial charge in [-0.15, -0.1) is 0 Å². The summed E-state index contributed by atoms with van der Waals surface area (Å²) < 4.78 is 0. The largest absolute Gasteiger partial charge is 0.612 e. The van der Waals surface area contributed by atoms with E-state index in [1.165, 1.54) is 6.07 Å². The fourth-order valence-electron chi connectivity index (χ4n) is 1.46. The smallest absolute Gasteiger partial charge is 0.232 e. The van der Waals surface area contributed by atoms with Crippen molar-refractivity contribution in [3.8, 4) is 11.3 Å². The first-order valence-corrected chi connectivity index (χ1v) is 4.24. The first-order chi connectivity index (χ1) is 6.68. The average molecular weight is 189 g/mol. The van der Waals surface area contributed by atoms with Crippen LogP contribution in [0.5, 0.6) is 0 Å². The number of aromatic nitrogens is 1. The fraction of sp³-hybridized carbons (Fsp3) is 0.100. The van der Waals surface area contributed by atoms with Gasteiger partial charge in [-0.3, -0.25) is 0 Å². The van der Waals surface area contributed by atoms with Crippen molar-refractivity contribution in [2.75, 3.05) is 0 Å². The number of aryl methyl sites for hydroxylation is 1. The van der Waals surface area contributed by atoms with Crippen molar-refractivity contribution in [2.24, 2.45) is 0 Å². The zero-order valence-electron chi connectivity index (χ0n) is 7.65. The molecule has 0 bridgehead atoms. The predicted molar refractivity (Wildman–Crippen MR) is 54.2 cm³/mol. The molecule has 0 aromatic rings. The first kappa shape index (κ1) is 8.62. The molecule has 2 aliphatic rings. The number of nitrogens with one attached hydrogen (secondary N) is 1. The van der Waals surface area contributed by atoms with Crippen molar-refractivity contribution >= 4 is 0 Å². The highest BCUT2D eigenvalue weighted by atomic mass is 16.8. The highest BCUT2D eigenvalue weighted by molar-refractivity contribution is 5.60. The van der Waals surface area contributed by atoms with Crippen LogP contribution in [0.1, 0.15) is 5.69 Å². The summed E-state index contributed by atoms with van der Waals surface area (Å²) in [6.07, 6.45) is 0. The van der Waals surface area contributed by atoms with Gasteiger partial charge < -0.3 is 15.4 Å². The lowest BCUT2D eigenvalue weighted by atomic mass is 10.1. The summed E-state index contributed by atoms with van der Waals surface area (Å²) in [4.78, 5) is 2.71. The minimum absolute atomic E-state index is 0.138. The van der Waals surface area contributed by atoms with Gasteiger partial charge in [-0.05, 0) is 25.1 Å². The van der Waals surface area contributed by atoms with Crippen LogP contribution >= 0.6 is 0 Å². The first-order valence-electron chi connectivity index (χ1n) is 4.24. The van der Waals surface area contributed by atoms with Crippen LogP contribution in [-0.2, 0) is 0 Å². The van der Waals surface area contributed by atoms with E-state index in [4.69, 9.17) is 0 Å². The molecule has 1 aliphatic heterocycles. The zero-order chi connectivity index (χ0) is 10.1. The molecular weight excluding hydrogens is 180 g/mol. The van der Waals surface area contributed by atoms with E-state index in [1.807, 2.05) is 19.1 Å². The Balaban J connectivity index is 2.88. The number of rotatable bonds is 0. The lowest BCUT2D eigenvalue weighted by molar-refractivity contribution is 0.966. The molecule has 0 aromatic carbocycles. The number of H-pyrrole nitrogens is 1. The third-order valence-electron chi connectivity index (χ3n) is 2.11. The van der Waals surface area contributed by atoms with Gasteiger partial charge in [0.25, 0.3) is 0 Å². The minimum atomic E-state index is -0.370. The molecule has 0 fully saturated rings. The van der Waals surface area contributed by atoms with E-state index in [9.17, 15) is 10.4 Å². The van der Waals surface area contributed by atoms with Crippen molar-refractivity contribution in [3.05, 3.63) is 51.8 Å². The maximum absolute atomic E-state index is 10.7. The van der Waals surface area contributed by atoms with Crippen LogP contribution in [0, 0.1) is 17.3 Å². The van der Waals surface area contributed by atoms with E-state index < -0.39 is 0 Å². The Kier molecular flexibility index (Phi) is 1.89. The molecule has 0 atom stereocenters. The van der Waals surface area contributed by atoms with Crippen molar-refractivity contribution in [1.29, 1.82) is 0 Å². The lowest BCUT2D eigenvalue weighted by Crippen LogP contribution is -2.21. The standard InChI is InChI=1S/C10H9N2O2/c1-7-5-6-8-9(11-7)3-2-4-10(8)12(13)14/h2-6,11H,1H3/q-1. The van der Waals surface area contributed by atoms with Gasteiger partial charge in [0.05, 0.1) is 11.3 Å². The molecule has 0 radical (unpaired) electrons. The van der Waals surface area contributed by atoms with Gasteiger partial charge in [0.2, 0.25) is 5.36 Å². The summed E-state index contributed by atoms with van der Waals surface area (Å²) >= 11 is 0. The summed E-state index contributed by atoms with van der Waals surface area (Å²) in [5.74, 6) is 0. The number of benzene rings is 1. The van der Waals surface area contributed by atoms with Crippen LogP contribution in [-0.4, -0.2) is 4.98 Å². The lowest BCUT2D eigenvalue weighted by Gasteiger charge is -2.09. The van der Waals surface area contributed by atoms with Gasteiger partial charge in [-0.25, -0.2) is 0 Å². The number of nitrogens with zero attached hydrogens (tertiary/aromatic N) is 1. The Hall–Kier alpha value is -1.97. The van der Waals surface area contributed by atoms with Crippen molar-refractivity contribution in [3.63, 3.8) is 0 Å². The number of aromatic amines is 1. The van der Waals surface area contributed by atoms with Crippen LogP contribution in [0.25, 0.3) is 11.3 Å². The molecule has 2 rings (SSSR count). The van der Waals surface area contributed by atoms with Crippen LogP contribution in [0.3, 0.4) is 0 Å². The van der Waals surface area contributed by atoms with Gasteiger partial charge in [-0.1, -0.05) is 6.07 Å². The molecule has 0 saturated carbocycles. The number of hydrogen-bond acceptors (Lipinski definition) is 2. The SMILES string of the molecule is Cc1ccc2c(=[N+]([O-])[O-])cccc-2[nH]1. The quantitative estimate of drug-likeness (QED) is 0.633. The molecule has 72 valence electrons. The second-order valence-electron chi connectivity index (χ2n) is 3.14. The Labute approximate surface area is 80.7 Å². The fourth-order valence-corrected chi connectivity index (χ4v) is 1.46. The molecule has 4 heteroatoms. The molecule has 4 nitrogen and oxygen atoms in total. The van der Waals surface area contributed by atoms with E-state index in [0.29, 0.717) is 5.56 Å². The predicted octanol–water partition coefficient (Wildman–Crippen LogP) is 1.20. The number of fused-ring (bicyclic) bond motifs is 1. The Morgan fingerprint density at radius 3 is 2.64 bits per heavy atom. The Morgan fingerprint density at radius 1 is 1.14 bits per heavy atom. The normalized spacial score (nSPS) is 10.4. The summed E-state index contributed by atoms with van der Waals surface area (Å²) in [5.41, 5.74) is 2.42. The Bertz CT molecular complexity index is 498. The third kappa shape index (κ3) is 1.31. The second-order valence-corrected chi connectivity index (χ2v) is 3.14. The molecule has 1 heterocycles. The van der Waals surface area contributed by atoms with E-state index in [1.54, 1.807) is 12.1 Å². The highest BCUT2D eigenvalue weighted by Crippen LogP contribution is 2.14. The van der Waals surface area contributed by atoms with Crippen LogP contribution in [0.2, 0.25) is 0 Å². The van der Waals surface area contributed by atoms with E-state index in [2.05, 4.69) is 4.98 Å². The van der Waals surface area contributed by atoms with Crippen molar-refractivity contribution in [2.45, 2.75) is 6.92 Å². The van der Waals surface area contributed by atoms with Gasteiger partial charge in [0.15, 0.2) is 0 Å². The monoisotopic (exact) mass is 189 g/mol. The van der Waals surface area contributed by atoms with Crippen LogP contribution in [0.4, 0.5) is 0 Å². The molecular formula is C10H9N2O2-. The van der Waals surface area contributed by atoms with E-state index >= 15 is 0 Å². The third-order valence-corrected chi connectivity index (χ3v) is 2.11. The molecule has 0 unspecified atom stereocenters. The summed E-state index contributed by atoms with van der Waals surface area (Å²) in [6.45, 7) is 1.91. The summed E-state index contributed by atoms with van der Waals surface area (Å²) in [6, 6.07) is 8.60. The maximum Gasteiger partial charge on any atom is 0.232 e. The summed E-state index contributed by atoms with van der Waals surface area (Å²) in [5, 5.41) is 21.5. The van der Waals surface area contributed by atoms with E-state index in [-0.39, 0.29) is 10.3 Å². The van der Waals surface area contributed by atoms with Crippen LogP contribution in [0.15, 0.2) is 30.3 Å². The number of pyridine rings is 1. The Morgan fingerprint density at radius 2 is 1.93 bits per heavy atom. The highest BCUT2D eigenvalue weighted by Gasteiger charge is 2.06. The average Bonchev–Trinajstić information content (AvgIpc) is 2.16. The van der Waals surface area contributed by atoms with Crippen molar-refractivity contribution < 1.29 is 0 Å². The van der Waals surface area contributed by atoms with Gasteiger partial charge in [-0.2, -0.15) is 4.90 Å². The summed E-state index contributed by atoms with van der Waals surface area (Å²) in [7, 11) is 0. The number of hydrogen-bond donors (Lipinski definition) is 1. The minimum Gasteiger partial charge on any atom is -0.612 e. The molecule has 0 amide bonds. The van der Waals surface area contributed by atoms with Gasteiger partial charge in [0, 0.05) is 11.8 Å². The molecule has 0 saturated heterocycles. The molecule has 1 aliphatic carbocycles. The molecule has 0 spiro atoms. The van der Waals surface area contributed by atoms with Crippen LogP contribution < -0.4 is 10.3 Å². The topological polar surface area (TPSA) is 64.9 Å². The molecule has 14 heavy (non-hydrogen) atoms. The maximum atomic E-state index is 10.7. The van der Waals surface area contributed by atoms with Crippen molar-refractivity contribution in [1.82, 2.24) is 9.89 Å². The van der Waals surface area contributed by atoms with Gasteiger partial charge in [0.1, 0.15) is 0 Å². The van der Waals surface area contributed by atoms with E-state index in [0.717, 1.165) is 11.4 Å². The zero-order valence-corrected chi connectivity index (χ0v) is 7.65. The molecule has 0 aromatic heterocycles.